The number of nitrogens with zero attached hydrogens (tertiary/aromatic N) is 5. The number of aliphatic hydroxyl groups is 4. The van der Waals surface area contributed by atoms with Gasteiger partial charge in [0.15, 0.2) is 6.10 Å². The molecule has 31 nitrogen and oxygen atoms in total. The van der Waals surface area contributed by atoms with Crippen LogP contribution in [0.2, 0.25) is 0 Å². The van der Waals surface area contributed by atoms with Gasteiger partial charge in [-0.1, -0.05) is 91.3 Å². The quantitative estimate of drug-likeness (QED) is 0.0439. The summed E-state index contributed by atoms with van der Waals surface area (Å²) in [5.41, 5.74) is 0.634. The molecular weight excluding hydrogens is 1310 g/mol. The third-order valence-corrected chi connectivity index (χ3v) is 18.7. The number of amides is 11. The lowest BCUT2D eigenvalue weighted by Gasteiger charge is -2.41. The highest BCUT2D eigenvalue weighted by Crippen LogP contribution is 2.34. The normalized spacial score (nSPS) is 22.1. The number of hydrogen-bond donors (Lipinski definition) is 9. The fraction of sp³-hybridized carbons (Fsp3) is 0.594. The molecule has 100 heavy (non-hydrogen) atoms. The standard InChI is InChI=1S/C69H97N9O22/c1-13-38(6)57(47(96-11)33-54(85)76-31-17-20-45(76)62(97-12)39(7)64(90)71-40(8)58(86)42-18-15-14-16-19-42)74(9)66(92)55(36(2)3)73-65(91)56(37(4)5)75(10)69(95)98-35-41-21-23-46(99-68-61(89)59(87)60(88)63(100-68)67(93)94)44(32-41)72-49(80)29-30-70-48(79)24-22-43(78-52(83)27-28-53(78)84)34-77-50(81)25-26-51(77)82/h14-16,18-19,21,23,25-28,32,36-40,43,45,47,55-63,68,86-89H,13,17,20,22,24,29-31,33-35H2,1-12H3,(H,70,79)(H,71,90)(H,72,80)(H,73,91)(H,93,94)/t38-,39+,40+,43?,45-,47+,55-,56-,57-,58+,59-,60-,61+,62+,63-,68+/m0/s1. The number of carbonyl (C=O) groups excluding carboxylic acids is 11. The van der Waals surface area contributed by atoms with Crippen LogP contribution in [0.4, 0.5) is 10.5 Å². The summed E-state index contributed by atoms with van der Waals surface area (Å²) < 4.78 is 28.8. The summed E-state index contributed by atoms with van der Waals surface area (Å²) in [4.78, 5) is 166. The number of carbonyl (C=O) groups is 12. The number of likely N-dealkylation sites (N-methyl/N-ethyl adjacent to an activating group) is 2. The zero-order chi connectivity index (χ0) is 74.1. The molecule has 0 radical (unpaired) electrons. The number of imide groups is 2. The minimum atomic E-state index is -2.07. The predicted molar refractivity (Wildman–Crippen MR) is 356 cm³/mol. The van der Waals surface area contributed by atoms with E-state index in [4.69, 9.17) is 23.7 Å². The highest BCUT2D eigenvalue weighted by atomic mass is 16.7. The number of carboxylic acids is 1. The zero-order valence-electron chi connectivity index (χ0n) is 58.5. The molecule has 16 atom stereocenters. The average Bonchev–Trinajstić information content (AvgIpc) is 1.34. The van der Waals surface area contributed by atoms with Gasteiger partial charge in [0, 0.05) is 78.6 Å². The van der Waals surface area contributed by atoms with E-state index < -0.39 is 175 Å². The van der Waals surface area contributed by atoms with Crippen molar-refractivity contribution in [2.24, 2.45) is 23.7 Å². The molecule has 2 saturated heterocycles. The van der Waals surface area contributed by atoms with Gasteiger partial charge in [-0.3, -0.25) is 62.6 Å². The van der Waals surface area contributed by atoms with E-state index in [1.165, 1.54) is 44.4 Å². The Morgan fingerprint density at radius 2 is 1.39 bits per heavy atom. The number of ether oxygens (including phenoxy) is 5. The molecule has 31 heteroatoms. The second kappa shape index (κ2) is 36.6. The number of hydrogen-bond acceptors (Lipinski definition) is 21. The first-order valence-electron chi connectivity index (χ1n) is 33.5. The first-order chi connectivity index (χ1) is 47.3. The van der Waals surface area contributed by atoms with Gasteiger partial charge in [0.1, 0.15) is 42.8 Å². The number of rotatable bonds is 35. The topological polar surface area (TPSA) is 416 Å². The third-order valence-electron chi connectivity index (χ3n) is 18.7. The van der Waals surface area contributed by atoms with Crippen LogP contribution >= 0.6 is 0 Å². The Morgan fingerprint density at radius 3 is 1.98 bits per heavy atom. The van der Waals surface area contributed by atoms with Gasteiger partial charge in [-0.05, 0) is 67.2 Å². The Morgan fingerprint density at radius 1 is 0.750 bits per heavy atom. The largest absolute Gasteiger partial charge is 0.479 e. The maximum atomic E-state index is 14.9. The molecular formula is C69H97N9O22. The van der Waals surface area contributed by atoms with E-state index in [2.05, 4.69) is 21.3 Å². The van der Waals surface area contributed by atoms with E-state index in [0.29, 0.717) is 31.4 Å². The Bertz CT molecular complexity index is 3300. The average molecular weight is 1400 g/mol. The van der Waals surface area contributed by atoms with Crippen LogP contribution in [0, 0.1) is 23.7 Å². The molecule has 0 saturated carbocycles. The van der Waals surface area contributed by atoms with Gasteiger partial charge < -0.3 is 80.3 Å². The molecule has 2 aromatic rings. The van der Waals surface area contributed by atoms with Crippen LogP contribution in [0.1, 0.15) is 118 Å². The van der Waals surface area contributed by atoms with Crippen molar-refractivity contribution in [1.82, 2.24) is 40.4 Å². The lowest BCUT2D eigenvalue weighted by molar-refractivity contribution is -0.271. The summed E-state index contributed by atoms with van der Waals surface area (Å²) in [6.07, 6.45) is -8.90. The van der Waals surface area contributed by atoms with E-state index >= 15 is 0 Å². The van der Waals surface area contributed by atoms with Gasteiger partial charge in [0.25, 0.3) is 23.6 Å². The van der Waals surface area contributed by atoms with Crippen molar-refractivity contribution in [1.29, 1.82) is 0 Å². The first kappa shape index (κ1) is 80.3. The Kier molecular flexibility index (Phi) is 29.3. The van der Waals surface area contributed by atoms with Crippen LogP contribution in [0.15, 0.2) is 72.8 Å². The number of methoxy groups -OCH3 is 2. The number of aliphatic carboxylic acids is 1. The lowest BCUT2D eigenvalue weighted by Crippen LogP contribution is -2.61. The van der Waals surface area contributed by atoms with E-state index in [9.17, 15) is 83.1 Å². The van der Waals surface area contributed by atoms with Crippen molar-refractivity contribution in [3.8, 4) is 5.75 Å². The maximum Gasteiger partial charge on any atom is 0.410 e. The van der Waals surface area contributed by atoms with Crippen molar-refractivity contribution < 1.29 is 107 Å². The number of aliphatic hydroxyl groups excluding tert-OH is 4. The molecule has 6 rings (SSSR count). The maximum absolute atomic E-state index is 14.9. The second-order valence-corrected chi connectivity index (χ2v) is 26.4. The van der Waals surface area contributed by atoms with Gasteiger partial charge in [-0.15, -0.1) is 0 Å². The van der Waals surface area contributed by atoms with Crippen molar-refractivity contribution in [3.63, 3.8) is 0 Å². The number of likely N-dealkylation sites (tertiary alicyclic amines) is 1. The smallest absolute Gasteiger partial charge is 0.410 e. The molecule has 2 aromatic carbocycles. The Balaban J connectivity index is 1.11. The van der Waals surface area contributed by atoms with Crippen LogP contribution in [0.3, 0.4) is 0 Å². The van der Waals surface area contributed by atoms with Gasteiger partial charge in [0.05, 0.1) is 67.1 Å². The van der Waals surface area contributed by atoms with E-state index in [1.54, 1.807) is 77.8 Å². The SMILES string of the molecule is CC[C@H](C)[C@@H]([C@@H](CC(=O)N1CCC[C@H]1[C@H](OC)[C@@H](C)C(=O)N[C@H](C)[C@@H](O)c1ccccc1)OC)N(C)C(=O)[C@@H](NC(=O)[C@H](C(C)C)N(C)C(=O)OCc1ccc(O[C@@H]2O[C@H](C(=O)O)[C@@H](O)[C@H](O)[C@H]2O)c(NC(=O)CCNC(=O)CCC(CN2C(=O)C=CC2=O)N2C(=O)C=CC2=O)c1)C(C)C. The molecule has 1 unspecified atom stereocenters. The molecule has 0 aliphatic carbocycles. The summed E-state index contributed by atoms with van der Waals surface area (Å²) in [5.74, 6) is -10.0. The Hall–Kier alpha value is -8.72. The van der Waals surface area contributed by atoms with Crippen LogP contribution in [0.25, 0.3) is 0 Å². The molecule has 4 heterocycles. The molecule has 0 bridgehead atoms. The van der Waals surface area contributed by atoms with Crippen molar-refractivity contribution >= 4 is 76.8 Å². The van der Waals surface area contributed by atoms with Crippen LogP contribution in [-0.2, 0) is 78.3 Å². The molecule has 11 amide bonds. The number of nitrogens with one attached hydrogen (secondary N) is 4. The van der Waals surface area contributed by atoms with Crippen molar-refractivity contribution in [2.75, 3.05) is 53.3 Å². The second-order valence-electron chi connectivity index (χ2n) is 26.4. The fourth-order valence-corrected chi connectivity index (χ4v) is 12.9. The summed E-state index contributed by atoms with van der Waals surface area (Å²) in [7, 11) is 5.86. The lowest BCUT2D eigenvalue weighted by atomic mass is 9.89. The van der Waals surface area contributed by atoms with Gasteiger partial charge in [0.2, 0.25) is 41.7 Å². The summed E-state index contributed by atoms with van der Waals surface area (Å²) in [5, 5.41) is 63.2. The highest BCUT2D eigenvalue weighted by Gasteiger charge is 2.49. The number of anilines is 1. The summed E-state index contributed by atoms with van der Waals surface area (Å²) in [6, 6.07) is 7.55. The highest BCUT2D eigenvalue weighted by molar-refractivity contribution is 6.14. The van der Waals surface area contributed by atoms with Crippen LogP contribution in [-0.4, -0.2) is 248 Å². The van der Waals surface area contributed by atoms with Crippen molar-refractivity contribution in [2.45, 2.75) is 192 Å². The molecule has 550 valence electrons. The Labute approximate surface area is 580 Å². The minimum absolute atomic E-state index is 0.145. The van der Waals surface area contributed by atoms with E-state index in [-0.39, 0.29) is 67.1 Å². The minimum Gasteiger partial charge on any atom is -0.479 e. The van der Waals surface area contributed by atoms with Crippen LogP contribution in [0.5, 0.6) is 5.75 Å². The van der Waals surface area contributed by atoms with Gasteiger partial charge in [-0.2, -0.15) is 0 Å². The third kappa shape index (κ3) is 20.1. The van der Waals surface area contributed by atoms with E-state index in [0.717, 1.165) is 39.0 Å². The molecule has 9 N–H and O–H groups in total. The van der Waals surface area contributed by atoms with Crippen molar-refractivity contribution in [3.05, 3.63) is 84.0 Å². The predicted octanol–water partition coefficient (Wildman–Crippen LogP) is 1.29. The molecule has 0 spiro atoms. The molecule has 4 aliphatic heterocycles. The fourth-order valence-electron chi connectivity index (χ4n) is 12.9. The molecule has 4 aliphatic rings. The van der Waals surface area contributed by atoms with E-state index in [1.807, 2.05) is 19.9 Å². The summed E-state index contributed by atoms with van der Waals surface area (Å²) in [6.45, 7) is 13.3. The summed E-state index contributed by atoms with van der Waals surface area (Å²) >= 11 is 0. The zero-order valence-corrected chi connectivity index (χ0v) is 58.5. The monoisotopic (exact) mass is 1400 g/mol. The number of carboxylic acid groups (broad SMARTS) is 1. The number of benzene rings is 2. The van der Waals surface area contributed by atoms with Gasteiger partial charge >= 0.3 is 12.1 Å². The first-order valence-corrected chi connectivity index (χ1v) is 33.5. The van der Waals surface area contributed by atoms with Gasteiger partial charge in [-0.25, -0.2) is 9.59 Å². The van der Waals surface area contributed by atoms with Crippen LogP contribution < -0.4 is 26.0 Å². The molecule has 0 aromatic heterocycles. The molecule has 2 fully saturated rings.